The van der Waals surface area contributed by atoms with Gasteiger partial charge in [-0.15, -0.1) is 0 Å². The van der Waals surface area contributed by atoms with Gasteiger partial charge in [0.05, 0.1) is 35.1 Å². The molecular weight excluding hydrogens is 419 g/mol. The molecule has 1 aliphatic carbocycles. The molecular formula is C21H23ClF3N3O2. The second-order valence-electron chi connectivity index (χ2n) is 7.35. The Morgan fingerprint density at radius 1 is 1.20 bits per heavy atom. The number of amides is 1. The quantitative estimate of drug-likeness (QED) is 0.649. The second-order valence-corrected chi connectivity index (χ2v) is 7.76. The van der Waals surface area contributed by atoms with E-state index in [2.05, 4.69) is 15.6 Å². The lowest BCUT2D eigenvalue weighted by Crippen LogP contribution is -2.38. The van der Waals surface area contributed by atoms with Crippen molar-refractivity contribution in [3.8, 4) is 5.88 Å². The lowest BCUT2D eigenvalue weighted by molar-refractivity contribution is -0.137. The van der Waals surface area contributed by atoms with Gasteiger partial charge in [-0.3, -0.25) is 4.79 Å². The van der Waals surface area contributed by atoms with E-state index in [1.165, 1.54) is 0 Å². The first-order valence-corrected chi connectivity index (χ1v) is 10.1. The van der Waals surface area contributed by atoms with Crippen molar-refractivity contribution in [3.05, 3.63) is 52.7 Å². The number of alkyl halides is 3. The van der Waals surface area contributed by atoms with Crippen LogP contribution in [0.3, 0.4) is 0 Å². The fourth-order valence-electron chi connectivity index (χ4n) is 3.52. The van der Waals surface area contributed by atoms with E-state index in [9.17, 15) is 18.0 Å². The Hall–Kier alpha value is -2.48. The number of ether oxygens (including phenoxy) is 1. The van der Waals surface area contributed by atoms with Crippen molar-refractivity contribution in [1.29, 1.82) is 0 Å². The monoisotopic (exact) mass is 441 g/mol. The molecule has 30 heavy (non-hydrogen) atoms. The Morgan fingerprint density at radius 3 is 2.53 bits per heavy atom. The number of pyridine rings is 1. The highest BCUT2D eigenvalue weighted by molar-refractivity contribution is 6.33. The summed E-state index contributed by atoms with van der Waals surface area (Å²) in [7, 11) is 1.56. The number of anilines is 1. The van der Waals surface area contributed by atoms with E-state index in [4.69, 9.17) is 16.3 Å². The molecule has 0 aliphatic heterocycles. The maximum Gasteiger partial charge on any atom is 0.416 e. The molecule has 0 saturated heterocycles. The number of methoxy groups -OCH3 is 1. The molecule has 5 nitrogen and oxygen atoms in total. The summed E-state index contributed by atoms with van der Waals surface area (Å²) in [6.45, 7) is 0.786. The number of carbonyl (C=O) groups is 1. The molecule has 0 spiro atoms. The standard InChI is InChI=1S/C21H23ClF3N3O2/c1-30-19-9-7-16(12-27-19)26-11-13-2-5-15(6-3-13)28-20(29)17-10-14(21(23,24)25)4-8-18(17)22/h4,7-10,12-13,15,26H,2-3,5-6,11H2,1H3,(H,28,29). The first-order valence-electron chi connectivity index (χ1n) is 9.68. The van der Waals surface area contributed by atoms with Crippen LogP contribution in [0.15, 0.2) is 36.5 Å². The highest BCUT2D eigenvalue weighted by Crippen LogP contribution is 2.32. The van der Waals surface area contributed by atoms with Crippen LogP contribution >= 0.6 is 11.6 Å². The van der Waals surface area contributed by atoms with Gasteiger partial charge in [0.2, 0.25) is 5.88 Å². The van der Waals surface area contributed by atoms with Crippen LogP contribution in [-0.4, -0.2) is 30.6 Å². The van der Waals surface area contributed by atoms with Gasteiger partial charge in [-0.1, -0.05) is 11.6 Å². The minimum absolute atomic E-state index is 0.00601. The van der Waals surface area contributed by atoms with Crippen LogP contribution in [0.4, 0.5) is 18.9 Å². The molecule has 1 saturated carbocycles. The lowest BCUT2D eigenvalue weighted by Gasteiger charge is -2.29. The summed E-state index contributed by atoms with van der Waals surface area (Å²) >= 11 is 5.95. The molecule has 1 amide bonds. The number of hydrogen-bond acceptors (Lipinski definition) is 4. The number of nitrogens with one attached hydrogen (secondary N) is 2. The molecule has 9 heteroatoms. The third-order valence-corrected chi connectivity index (χ3v) is 5.59. The van der Waals surface area contributed by atoms with E-state index >= 15 is 0 Å². The van der Waals surface area contributed by atoms with Gasteiger partial charge in [0, 0.05) is 18.7 Å². The molecule has 0 atom stereocenters. The van der Waals surface area contributed by atoms with Gasteiger partial charge < -0.3 is 15.4 Å². The Balaban J connectivity index is 1.49. The predicted molar refractivity (Wildman–Crippen MR) is 109 cm³/mol. The number of nitrogens with zero attached hydrogens (tertiary/aromatic N) is 1. The highest BCUT2D eigenvalue weighted by atomic mass is 35.5. The summed E-state index contributed by atoms with van der Waals surface area (Å²) in [6.07, 6.45) is 0.508. The molecule has 162 valence electrons. The topological polar surface area (TPSA) is 63.2 Å². The van der Waals surface area contributed by atoms with Crippen LogP contribution in [0.2, 0.25) is 5.02 Å². The molecule has 0 bridgehead atoms. The Morgan fingerprint density at radius 2 is 1.93 bits per heavy atom. The molecule has 0 unspecified atom stereocenters. The van der Waals surface area contributed by atoms with E-state index < -0.39 is 17.6 Å². The van der Waals surface area contributed by atoms with E-state index in [-0.39, 0.29) is 16.6 Å². The summed E-state index contributed by atoms with van der Waals surface area (Å²) in [5.74, 6) is 0.423. The van der Waals surface area contributed by atoms with Crippen molar-refractivity contribution in [2.75, 3.05) is 19.0 Å². The second kappa shape index (κ2) is 9.55. The normalized spacial score (nSPS) is 19.2. The summed E-state index contributed by atoms with van der Waals surface area (Å²) < 4.78 is 43.8. The van der Waals surface area contributed by atoms with E-state index in [0.29, 0.717) is 11.8 Å². The number of benzene rings is 1. The fourth-order valence-corrected chi connectivity index (χ4v) is 3.72. The zero-order valence-electron chi connectivity index (χ0n) is 16.4. The van der Waals surface area contributed by atoms with Gasteiger partial charge in [-0.2, -0.15) is 13.2 Å². The smallest absolute Gasteiger partial charge is 0.416 e. The van der Waals surface area contributed by atoms with Crippen molar-refractivity contribution < 1.29 is 22.7 Å². The zero-order valence-corrected chi connectivity index (χ0v) is 17.2. The van der Waals surface area contributed by atoms with Crippen LogP contribution < -0.4 is 15.4 Å². The number of aromatic nitrogens is 1. The van der Waals surface area contributed by atoms with E-state index in [1.54, 1.807) is 19.4 Å². The summed E-state index contributed by atoms with van der Waals surface area (Å²) in [6, 6.07) is 6.38. The summed E-state index contributed by atoms with van der Waals surface area (Å²) in [5.41, 5.74) is -0.132. The largest absolute Gasteiger partial charge is 0.481 e. The molecule has 1 aliphatic rings. The minimum atomic E-state index is -4.52. The Labute approximate surface area is 178 Å². The van der Waals surface area contributed by atoms with Crippen LogP contribution in [0.5, 0.6) is 5.88 Å². The third kappa shape index (κ3) is 5.78. The lowest BCUT2D eigenvalue weighted by atomic mass is 9.86. The maximum absolute atomic E-state index is 12.9. The molecule has 0 radical (unpaired) electrons. The maximum atomic E-state index is 12.9. The van der Waals surface area contributed by atoms with Gasteiger partial charge in [0.25, 0.3) is 5.91 Å². The fraction of sp³-hybridized carbons (Fsp3) is 0.429. The Bertz CT molecular complexity index is 867. The van der Waals surface area contributed by atoms with Crippen LogP contribution in [0, 0.1) is 5.92 Å². The van der Waals surface area contributed by atoms with Gasteiger partial charge >= 0.3 is 6.18 Å². The van der Waals surface area contributed by atoms with Gasteiger partial charge in [-0.25, -0.2) is 4.98 Å². The zero-order chi connectivity index (χ0) is 21.7. The molecule has 2 N–H and O–H groups in total. The number of rotatable bonds is 6. The SMILES string of the molecule is COc1ccc(NCC2CCC(NC(=O)c3cc(C(F)(F)F)ccc3Cl)CC2)cn1. The number of carbonyl (C=O) groups excluding carboxylic acids is 1. The van der Waals surface area contributed by atoms with Crippen LogP contribution in [0.25, 0.3) is 0 Å². The van der Waals surface area contributed by atoms with Crippen LogP contribution in [-0.2, 0) is 6.18 Å². The van der Waals surface area contributed by atoms with Gasteiger partial charge in [-0.05, 0) is 55.9 Å². The summed E-state index contributed by atoms with van der Waals surface area (Å²) in [5, 5.41) is 6.18. The molecule has 2 aromatic rings. The van der Waals surface area contributed by atoms with Gasteiger partial charge in [0.15, 0.2) is 0 Å². The Kier molecular flexibility index (Phi) is 7.07. The van der Waals surface area contributed by atoms with E-state index in [1.807, 2.05) is 6.07 Å². The molecule has 1 heterocycles. The highest BCUT2D eigenvalue weighted by Gasteiger charge is 2.32. The first kappa shape index (κ1) is 22.2. The van der Waals surface area contributed by atoms with Crippen molar-refractivity contribution >= 4 is 23.2 Å². The summed E-state index contributed by atoms with van der Waals surface area (Å²) in [4.78, 5) is 16.6. The third-order valence-electron chi connectivity index (χ3n) is 5.26. The van der Waals surface area contributed by atoms with E-state index in [0.717, 1.165) is 56.1 Å². The number of halogens is 4. The first-order chi connectivity index (χ1) is 14.3. The molecule has 1 aromatic heterocycles. The van der Waals surface area contributed by atoms with Crippen molar-refractivity contribution in [2.45, 2.75) is 37.9 Å². The van der Waals surface area contributed by atoms with Gasteiger partial charge in [0.1, 0.15) is 0 Å². The number of hydrogen-bond donors (Lipinski definition) is 2. The van der Waals surface area contributed by atoms with Crippen molar-refractivity contribution in [2.24, 2.45) is 5.92 Å². The molecule has 1 aromatic carbocycles. The molecule has 3 rings (SSSR count). The predicted octanol–water partition coefficient (Wildman–Crippen LogP) is 5.16. The van der Waals surface area contributed by atoms with Crippen molar-refractivity contribution in [3.63, 3.8) is 0 Å². The average molecular weight is 442 g/mol. The molecule has 1 fully saturated rings. The van der Waals surface area contributed by atoms with Crippen LogP contribution in [0.1, 0.15) is 41.6 Å². The van der Waals surface area contributed by atoms with Crippen molar-refractivity contribution in [1.82, 2.24) is 10.3 Å². The average Bonchev–Trinajstić information content (AvgIpc) is 2.73. The minimum Gasteiger partial charge on any atom is -0.481 e.